The molecule has 7 aromatic carbocycles. The first-order valence-corrected chi connectivity index (χ1v) is 14.2. The van der Waals surface area contributed by atoms with E-state index in [0.717, 1.165) is 0 Å². The van der Waals surface area contributed by atoms with Crippen molar-refractivity contribution in [2.45, 2.75) is 19.3 Å². The van der Waals surface area contributed by atoms with E-state index in [4.69, 9.17) is 0 Å². The highest BCUT2D eigenvalue weighted by Gasteiger charge is 2.41. The van der Waals surface area contributed by atoms with Gasteiger partial charge in [-0.2, -0.15) is 0 Å². The lowest BCUT2D eigenvalue weighted by atomic mass is 9.77. The summed E-state index contributed by atoms with van der Waals surface area (Å²) in [6.07, 6.45) is 0. The Labute approximate surface area is 224 Å². The van der Waals surface area contributed by atoms with Crippen LogP contribution >= 0.6 is 11.3 Å². The van der Waals surface area contributed by atoms with Gasteiger partial charge in [-0.15, -0.1) is 11.3 Å². The highest BCUT2D eigenvalue weighted by Crippen LogP contribution is 2.59. The van der Waals surface area contributed by atoms with E-state index in [-0.39, 0.29) is 5.41 Å². The van der Waals surface area contributed by atoms with Gasteiger partial charge >= 0.3 is 0 Å². The molecule has 0 saturated heterocycles. The molecular weight excluding hydrogens is 476 g/mol. The first-order valence-electron chi connectivity index (χ1n) is 13.4. The van der Waals surface area contributed by atoms with Gasteiger partial charge in [0.25, 0.3) is 0 Å². The minimum Gasteiger partial charge on any atom is -0.135 e. The van der Waals surface area contributed by atoms with Crippen LogP contribution in [0.5, 0.6) is 0 Å². The van der Waals surface area contributed by atoms with Crippen molar-refractivity contribution in [2.24, 2.45) is 0 Å². The number of thiophene rings is 1. The Morgan fingerprint density at radius 3 is 1.66 bits per heavy atom. The topological polar surface area (TPSA) is 0 Å². The van der Waals surface area contributed by atoms with E-state index in [1.807, 2.05) is 11.3 Å². The lowest BCUT2D eigenvalue weighted by molar-refractivity contribution is 0.674. The largest absolute Gasteiger partial charge is 0.135 e. The SMILES string of the molecule is CC1(C)c2c(ccc3c2sc2ccccc23)-c2c1c1c3ccccc3c3ccccc3c1c1ccccc21. The van der Waals surface area contributed by atoms with Crippen LogP contribution in [0.2, 0.25) is 0 Å². The van der Waals surface area contributed by atoms with Crippen molar-refractivity contribution in [3.05, 3.63) is 120 Å². The third-order valence-corrected chi connectivity index (χ3v) is 10.2. The van der Waals surface area contributed by atoms with Crippen LogP contribution in [-0.2, 0) is 5.41 Å². The van der Waals surface area contributed by atoms with Crippen LogP contribution in [0.1, 0.15) is 25.0 Å². The van der Waals surface area contributed by atoms with Gasteiger partial charge in [0, 0.05) is 25.6 Å². The molecule has 9 rings (SSSR count). The second-order valence-corrected chi connectivity index (χ2v) is 12.3. The number of rotatable bonds is 0. The summed E-state index contributed by atoms with van der Waals surface area (Å²) in [4.78, 5) is 0. The Morgan fingerprint density at radius 1 is 0.447 bits per heavy atom. The molecule has 0 saturated carbocycles. The fraction of sp³-hybridized carbons (Fsp3) is 0.0811. The highest BCUT2D eigenvalue weighted by atomic mass is 32.1. The van der Waals surface area contributed by atoms with Gasteiger partial charge in [-0.05, 0) is 71.4 Å². The fourth-order valence-electron chi connectivity index (χ4n) is 7.51. The molecule has 0 unspecified atom stereocenters. The molecule has 1 aliphatic rings. The molecule has 1 aliphatic carbocycles. The molecule has 178 valence electrons. The van der Waals surface area contributed by atoms with Crippen molar-refractivity contribution in [3.63, 3.8) is 0 Å². The standard InChI is InChI=1S/C37H24S/c1-37(2)34-29(20-19-28-23-13-9-10-18-30(23)38-36(28)34)32-27-17-8-7-16-26(27)31-24-14-5-3-11-21(24)22-12-4-6-15-25(22)33(31)35(32)37/h3-20H,1-2H3. The Morgan fingerprint density at radius 2 is 0.974 bits per heavy atom. The van der Waals surface area contributed by atoms with Gasteiger partial charge in [0.2, 0.25) is 0 Å². The van der Waals surface area contributed by atoms with E-state index < -0.39 is 0 Å². The van der Waals surface area contributed by atoms with Gasteiger partial charge in [0.1, 0.15) is 0 Å². The Hall–Kier alpha value is -4.20. The normalized spacial score (nSPS) is 14.3. The maximum Gasteiger partial charge on any atom is 0.0402 e. The lowest BCUT2D eigenvalue weighted by Gasteiger charge is -2.26. The van der Waals surface area contributed by atoms with Crippen LogP contribution in [0.15, 0.2) is 109 Å². The summed E-state index contributed by atoms with van der Waals surface area (Å²) >= 11 is 1.96. The zero-order valence-electron chi connectivity index (χ0n) is 21.3. The number of benzene rings is 7. The molecular formula is C37H24S. The van der Waals surface area contributed by atoms with Crippen molar-refractivity contribution in [1.29, 1.82) is 0 Å². The molecule has 38 heavy (non-hydrogen) atoms. The van der Waals surface area contributed by atoms with Gasteiger partial charge in [0.15, 0.2) is 0 Å². The smallest absolute Gasteiger partial charge is 0.0402 e. The molecule has 0 aliphatic heterocycles. The highest BCUT2D eigenvalue weighted by molar-refractivity contribution is 7.26. The molecule has 1 heterocycles. The summed E-state index contributed by atoms with van der Waals surface area (Å²) in [5, 5.41) is 13.7. The van der Waals surface area contributed by atoms with Crippen LogP contribution in [0.4, 0.5) is 0 Å². The van der Waals surface area contributed by atoms with Gasteiger partial charge < -0.3 is 0 Å². The van der Waals surface area contributed by atoms with Crippen molar-refractivity contribution in [1.82, 2.24) is 0 Å². The first kappa shape index (κ1) is 20.8. The summed E-state index contributed by atoms with van der Waals surface area (Å²) in [6.45, 7) is 4.92. The van der Waals surface area contributed by atoms with E-state index >= 15 is 0 Å². The molecule has 0 amide bonds. The predicted molar refractivity (Wildman–Crippen MR) is 167 cm³/mol. The molecule has 0 N–H and O–H groups in total. The van der Waals surface area contributed by atoms with Crippen molar-refractivity contribution >= 4 is 74.6 Å². The lowest BCUT2D eigenvalue weighted by Crippen LogP contribution is -2.16. The maximum absolute atomic E-state index is 2.46. The number of hydrogen-bond donors (Lipinski definition) is 0. The minimum absolute atomic E-state index is 0.140. The molecule has 0 fully saturated rings. The minimum atomic E-state index is -0.140. The Bertz CT molecular complexity index is 2310. The van der Waals surface area contributed by atoms with Crippen LogP contribution < -0.4 is 0 Å². The molecule has 0 bridgehead atoms. The molecule has 0 spiro atoms. The van der Waals surface area contributed by atoms with Gasteiger partial charge in [0.05, 0.1) is 0 Å². The van der Waals surface area contributed by atoms with Gasteiger partial charge in [-0.1, -0.05) is 117 Å². The fourth-order valence-corrected chi connectivity index (χ4v) is 8.92. The third-order valence-electron chi connectivity index (χ3n) is 8.96. The monoisotopic (exact) mass is 500 g/mol. The van der Waals surface area contributed by atoms with Crippen molar-refractivity contribution in [2.75, 3.05) is 0 Å². The van der Waals surface area contributed by atoms with E-state index in [9.17, 15) is 0 Å². The number of hydrogen-bond acceptors (Lipinski definition) is 1. The van der Waals surface area contributed by atoms with Gasteiger partial charge in [-0.3, -0.25) is 0 Å². The van der Waals surface area contributed by atoms with Crippen LogP contribution in [-0.4, -0.2) is 0 Å². The Balaban J connectivity index is 1.60. The van der Waals surface area contributed by atoms with E-state index in [1.54, 1.807) is 0 Å². The van der Waals surface area contributed by atoms with E-state index in [2.05, 4.69) is 123 Å². The summed E-state index contributed by atoms with van der Waals surface area (Å²) in [5.74, 6) is 0. The maximum atomic E-state index is 2.46. The second kappa shape index (κ2) is 7.01. The zero-order valence-corrected chi connectivity index (χ0v) is 22.1. The average Bonchev–Trinajstić information content (AvgIpc) is 3.45. The van der Waals surface area contributed by atoms with Gasteiger partial charge in [-0.25, -0.2) is 0 Å². The van der Waals surface area contributed by atoms with Crippen LogP contribution in [0.3, 0.4) is 0 Å². The predicted octanol–water partition coefficient (Wildman–Crippen LogP) is 11.0. The molecule has 0 nitrogen and oxygen atoms in total. The third kappa shape index (κ3) is 2.37. The van der Waals surface area contributed by atoms with Crippen molar-refractivity contribution < 1.29 is 0 Å². The molecule has 0 radical (unpaired) electrons. The van der Waals surface area contributed by atoms with Crippen LogP contribution in [0.25, 0.3) is 74.4 Å². The first-order chi connectivity index (χ1) is 18.6. The van der Waals surface area contributed by atoms with E-state index in [1.165, 1.54) is 85.5 Å². The Kier molecular flexibility index (Phi) is 3.84. The second-order valence-electron chi connectivity index (χ2n) is 11.2. The summed E-state index contributed by atoms with van der Waals surface area (Å²) in [7, 11) is 0. The summed E-state index contributed by atoms with van der Waals surface area (Å²) < 4.78 is 2.81. The molecule has 1 aromatic heterocycles. The molecule has 1 heteroatoms. The molecule has 8 aromatic rings. The van der Waals surface area contributed by atoms with E-state index in [0.29, 0.717) is 0 Å². The number of fused-ring (bicyclic) bond motifs is 17. The van der Waals surface area contributed by atoms with Crippen LogP contribution in [0, 0.1) is 0 Å². The molecule has 0 atom stereocenters. The quantitative estimate of drug-likeness (QED) is 0.182. The summed E-state index contributed by atoms with van der Waals surface area (Å²) in [6, 6.07) is 40.8. The zero-order chi connectivity index (χ0) is 25.2. The van der Waals surface area contributed by atoms with Crippen molar-refractivity contribution in [3.8, 4) is 11.1 Å². The average molecular weight is 501 g/mol. The summed E-state index contributed by atoms with van der Waals surface area (Å²) in [5.41, 5.74) is 5.65.